The van der Waals surface area contributed by atoms with Gasteiger partial charge in [0, 0.05) is 25.5 Å². The number of nitrogens with zero attached hydrogens (tertiary/aromatic N) is 3. The highest BCUT2D eigenvalue weighted by atomic mass is 16.5. The van der Waals surface area contributed by atoms with Crippen LogP contribution in [0.15, 0.2) is 34.2 Å². The lowest BCUT2D eigenvalue weighted by Gasteiger charge is -2.13. The molecule has 0 unspecified atom stereocenters. The van der Waals surface area contributed by atoms with E-state index in [4.69, 9.17) is 4.74 Å². The highest BCUT2D eigenvalue weighted by molar-refractivity contribution is 5.85. The quantitative estimate of drug-likeness (QED) is 0.463. The largest absolute Gasteiger partial charge is 0.382 e. The Hall–Kier alpha value is -2.21. The Balaban J connectivity index is 1.87. The van der Waals surface area contributed by atoms with E-state index in [1.54, 1.807) is 4.57 Å². The number of hydrogen-bond acceptors (Lipinski definition) is 5. The number of nitrogens with one attached hydrogen (secondary N) is 1. The van der Waals surface area contributed by atoms with Gasteiger partial charge in [0.2, 0.25) is 5.95 Å². The number of benzene rings is 1. The predicted octanol–water partition coefficient (Wildman–Crippen LogP) is 3.95. The summed E-state index contributed by atoms with van der Waals surface area (Å²) in [5.74, 6) is 0.516. The van der Waals surface area contributed by atoms with Gasteiger partial charge in [-0.1, -0.05) is 25.0 Å². The van der Waals surface area contributed by atoms with E-state index in [9.17, 15) is 4.79 Å². The molecule has 2 aromatic rings. The van der Waals surface area contributed by atoms with Crippen LogP contribution in [0.1, 0.15) is 51.9 Å². The summed E-state index contributed by atoms with van der Waals surface area (Å²) >= 11 is 0. The van der Waals surface area contributed by atoms with Crippen LogP contribution < -0.4 is 11.0 Å². The minimum atomic E-state index is -0.0318. The maximum Gasteiger partial charge on any atom is 0.262 e. The Morgan fingerprint density at radius 3 is 2.73 bits per heavy atom. The summed E-state index contributed by atoms with van der Waals surface area (Å²) < 4.78 is 7.09. The fourth-order valence-corrected chi connectivity index (χ4v) is 3.31. The molecule has 1 aliphatic carbocycles. The Kier molecular flexibility index (Phi) is 6.77. The first-order valence-corrected chi connectivity index (χ1v) is 9.68. The van der Waals surface area contributed by atoms with Gasteiger partial charge in [0.25, 0.3) is 5.56 Å². The molecule has 26 heavy (non-hydrogen) atoms. The van der Waals surface area contributed by atoms with E-state index in [-0.39, 0.29) is 5.56 Å². The number of aromatic nitrogens is 2. The van der Waals surface area contributed by atoms with Crippen LogP contribution in [0.3, 0.4) is 0 Å². The standard InChI is InChI=1S/C20H28N4O2/c1-2-26-15-9-14-24-19(25)17-12-7-8-13-18(17)21-20(24)23-22-16-10-5-3-4-6-11-16/h7-8,12-13H,2-6,9-11,14-15H2,1H3,(H,21,23). The zero-order valence-corrected chi connectivity index (χ0v) is 15.5. The highest BCUT2D eigenvalue weighted by Crippen LogP contribution is 2.16. The van der Waals surface area contributed by atoms with E-state index < -0.39 is 0 Å². The van der Waals surface area contributed by atoms with Crippen LogP contribution in [0.25, 0.3) is 10.9 Å². The maximum atomic E-state index is 12.9. The summed E-state index contributed by atoms with van der Waals surface area (Å²) in [5, 5.41) is 5.22. The predicted molar refractivity (Wildman–Crippen MR) is 106 cm³/mol. The van der Waals surface area contributed by atoms with Crippen LogP contribution in [0.4, 0.5) is 5.95 Å². The molecule has 1 aromatic carbocycles. The molecule has 1 saturated carbocycles. The molecule has 6 heteroatoms. The lowest BCUT2D eigenvalue weighted by molar-refractivity contribution is 0.141. The molecular weight excluding hydrogens is 328 g/mol. The third-order valence-electron chi connectivity index (χ3n) is 4.73. The van der Waals surface area contributed by atoms with Gasteiger partial charge in [-0.25, -0.2) is 10.4 Å². The molecule has 3 rings (SSSR count). The van der Waals surface area contributed by atoms with E-state index >= 15 is 0 Å². The maximum absolute atomic E-state index is 12.9. The highest BCUT2D eigenvalue weighted by Gasteiger charge is 2.11. The van der Waals surface area contributed by atoms with Crippen molar-refractivity contribution < 1.29 is 4.74 Å². The molecule has 1 N–H and O–H groups in total. The van der Waals surface area contributed by atoms with Crippen molar-refractivity contribution in [3.05, 3.63) is 34.6 Å². The molecular formula is C20H28N4O2. The number of ether oxygens (including phenoxy) is 1. The molecule has 1 fully saturated rings. The van der Waals surface area contributed by atoms with Gasteiger partial charge >= 0.3 is 0 Å². The van der Waals surface area contributed by atoms with Crippen LogP contribution in [0.5, 0.6) is 0 Å². The molecule has 6 nitrogen and oxygen atoms in total. The second kappa shape index (κ2) is 9.48. The summed E-state index contributed by atoms with van der Waals surface area (Å²) in [6, 6.07) is 7.46. The van der Waals surface area contributed by atoms with Crippen molar-refractivity contribution in [1.29, 1.82) is 0 Å². The van der Waals surface area contributed by atoms with E-state index in [1.807, 2.05) is 31.2 Å². The average molecular weight is 356 g/mol. The molecule has 0 spiro atoms. The Morgan fingerprint density at radius 1 is 1.19 bits per heavy atom. The van der Waals surface area contributed by atoms with Gasteiger partial charge < -0.3 is 4.74 Å². The van der Waals surface area contributed by atoms with Gasteiger partial charge in [-0.05, 0) is 51.2 Å². The van der Waals surface area contributed by atoms with Gasteiger partial charge in [0.05, 0.1) is 10.9 Å². The van der Waals surface area contributed by atoms with E-state index in [0.717, 1.165) is 19.3 Å². The molecule has 1 aromatic heterocycles. The summed E-state index contributed by atoms with van der Waals surface area (Å²) in [6.07, 6.45) is 7.73. The molecule has 0 saturated heterocycles. The lowest BCUT2D eigenvalue weighted by Crippen LogP contribution is -2.25. The molecule has 0 atom stereocenters. The number of rotatable bonds is 7. The van der Waals surface area contributed by atoms with Crippen molar-refractivity contribution in [2.75, 3.05) is 18.6 Å². The third kappa shape index (κ3) is 4.69. The van der Waals surface area contributed by atoms with E-state index in [0.29, 0.717) is 36.6 Å². The second-order valence-electron chi connectivity index (χ2n) is 6.66. The first-order valence-electron chi connectivity index (χ1n) is 9.68. The topological polar surface area (TPSA) is 68.5 Å². The normalized spacial score (nSPS) is 15.0. The number of anilines is 1. The molecule has 1 aliphatic rings. The van der Waals surface area contributed by atoms with Gasteiger partial charge in [-0.15, -0.1) is 0 Å². The van der Waals surface area contributed by atoms with Crippen molar-refractivity contribution >= 4 is 22.6 Å². The summed E-state index contributed by atoms with van der Waals surface area (Å²) in [6.45, 7) is 3.84. The zero-order valence-electron chi connectivity index (χ0n) is 15.5. The SMILES string of the molecule is CCOCCCn1c(NN=C2CCCCCC2)nc2ccccc2c1=O. The molecule has 0 aliphatic heterocycles. The lowest BCUT2D eigenvalue weighted by atomic mass is 10.2. The van der Waals surface area contributed by atoms with Crippen LogP contribution in [0.2, 0.25) is 0 Å². The molecule has 0 amide bonds. The van der Waals surface area contributed by atoms with Gasteiger partial charge in [-0.2, -0.15) is 5.10 Å². The average Bonchev–Trinajstić information content (AvgIpc) is 2.94. The van der Waals surface area contributed by atoms with Crippen molar-refractivity contribution in [2.45, 2.75) is 58.4 Å². The minimum absolute atomic E-state index is 0.0318. The van der Waals surface area contributed by atoms with Crippen molar-refractivity contribution in [2.24, 2.45) is 5.10 Å². The van der Waals surface area contributed by atoms with Crippen molar-refractivity contribution in [1.82, 2.24) is 9.55 Å². The third-order valence-corrected chi connectivity index (χ3v) is 4.73. The smallest absolute Gasteiger partial charge is 0.262 e. The monoisotopic (exact) mass is 356 g/mol. The number of fused-ring (bicyclic) bond motifs is 1. The number of hydrazone groups is 1. The first kappa shape index (κ1) is 18.6. The molecule has 1 heterocycles. The molecule has 0 bridgehead atoms. The van der Waals surface area contributed by atoms with Gasteiger partial charge in [0.1, 0.15) is 0 Å². The first-order chi connectivity index (χ1) is 12.8. The fourth-order valence-electron chi connectivity index (χ4n) is 3.31. The minimum Gasteiger partial charge on any atom is -0.382 e. The molecule has 140 valence electrons. The summed E-state index contributed by atoms with van der Waals surface area (Å²) in [7, 11) is 0. The fraction of sp³-hybridized carbons (Fsp3) is 0.550. The van der Waals surface area contributed by atoms with Crippen LogP contribution in [-0.4, -0.2) is 28.5 Å². The Bertz CT molecular complexity index is 803. The van der Waals surface area contributed by atoms with Gasteiger partial charge in [-0.3, -0.25) is 9.36 Å². The van der Waals surface area contributed by atoms with Crippen LogP contribution in [0, 0.1) is 0 Å². The Labute approximate surface area is 154 Å². The van der Waals surface area contributed by atoms with Crippen LogP contribution >= 0.6 is 0 Å². The zero-order chi connectivity index (χ0) is 18.2. The van der Waals surface area contributed by atoms with Gasteiger partial charge in [0.15, 0.2) is 0 Å². The Morgan fingerprint density at radius 2 is 1.96 bits per heavy atom. The van der Waals surface area contributed by atoms with E-state index in [2.05, 4.69) is 15.5 Å². The number of hydrogen-bond donors (Lipinski definition) is 1. The molecule has 0 radical (unpaired) electrons. The van der Waals surface area contributed by atoms with Crippen LogP contribution in [-0.2, 0) is 11.3 Å². The van der Waals surface area contributed by atoms with Crippen molar-refractivity contribution in [3.63, 3.8) is 0 Å². The summed E-state index contributed by atoms with van der Waals surface area (Å²) in [5.41, 5.74) is 4.92. The second-order valence-corrected chi connectivity index (χ2v) is 6.66. The number of para-hydroxylation sites is 1. The van der Waals surface area contributed by atoms with Crippen molar-refractivity contribution in [3.8, 4) is 0 Å². The summed E-state index contributed by atoms with van der Waals surface area (Å²) in [4.78, 5) is 17.6. The van der Waals surface area contributed by atoms with E-state index in [1.165, 1.54) is 31.4 Å².